The van der Waals surface area contributed by atoms with Gasteiger partial charge in [0.25, 0.3) is 0 Å². The lowest BCUT2D eigenvalue weighted by molar-refractivity contribution is -0.120. The molecule has 0 radical (unpaired) electrons. The number of carbonyl (C=O) groups excluding carboxylic acids is 1. The molecule has 4 N–H and O–H groups in total. The average molecular weight is 377 g/mol. The van der Waals surface area contributed by atoms with Gasteiger partial charge in [0.1, 0.15) is 6.54 Å². The Bertz CT molecular complexity index is 873. The van der Waals surface area contributed by atoms with Crippen molar-refractivity contribution in [3.05, 3.63) is 48.2 Å². The average Bonchev–Trinajstić information content (AvgIpc) is 3.04. The molecule has 0 atom stereocenters. The van der Waals surface area contributed by atoms with Crippen molar-refractivity contribution in [1.29, 1.82) is 5.41 Å². The quantitative estimate of drug-likeness (QED) is 0.561. The number of hydrogen-bond donors (Lipinski definition) is 3. The van der Waals surface area contributed by atoms with Gasteiger partial charge in [0.2, 0.25) is 5.91 Å². The molecular formula is C23H28N4O. The molecule has 2 aromatic rings. The fraction of sp³-hybridized carbons (Fsp3) is 0.478. The zero-order valence-electron chi connectivity index (χ0n) is 16.1. The van der Waals surface area contributed by atoms with Crippen LogP contribution >= 0.6 is 0 Å². The van der Waals surface area contributed by atoms with Crippen molar-refractivity contribution in [3.63, 3.8) is 0 Å². The minimum Gasteiger partial charge on any atom is -0.370 e. The van der Waals surface area contributed by atoms with E-state index in [9.17, 15) is 4.79 Å². The highest BCUT2D eigenvalue weighted by Gasteiger charge is 2.49. The first-order valence-corrected chi connectivity index (χ1v) is 10.5. The normalized spacial score (nSPS) is 30.4. The van der Waals surface area contributed by atoms with Crippen molar-refractivity contribution >= 4 is 11.9 Å². The first-order chi connectivity index (χ1) is 13.6. The van der Waals surface area contributed by atoms with Crippen LogP contribution in [-0.4, -0.2) is 16.4 Å². The highest BCUT2D eigenvalue weighted by atomic mass is 16.2. The molecule has 0 spiro atoms. The summed E-state index contributed by atoms with van der Waals surface area (Å²) < 4.78 is 2.18. The van der Waals surface area contributed by atoms with Crippen molar-refractivity contribution in [1.82, 2.24) is 9.88 Å². The molecule has 4 fully saturated rings. The maximum absolute atomic E-state index is 12.5. The maximum atomic E-state index is 12.5. The molecule has 5 heteroatoms. The van der Waals surface area contributed by atoms with Gasteiger partial charge >= 0.3 is 0 Å². The highest BCUT2D eigenvalue weighted by Crippen LogP contribution is 2.60. The third kappa shape index (κ3) is 3.03. The van der Waals surface area contributed by atoms with Crippen LogP contribution in [0.5, 0.6) is 0 Å². The molecule has 6 rings (SSSR count). The van der Waals surface area contributed by atoms with Gasteiger partial charge in [-0.25, -0.2) is 0 Å². The topological polar surface area (TPSA) is 83.9 Å². The fourth-order valence-electron chi connectivity index (χ4n) is 6.55. The van der Waals surface area contributed by atoms with Gasteiger partial charge in [-0.05, 0) is 73.5 Å². The van der Waals surface area contributed by atoms with Crippen LogP contribution in [0.2, 0.25) is 0 Å². The molecule has 1 amide bonds. The van der Waals surface area contributed by atoms with E-state index >= 15 is 0 Å². The molecule has 4 saturated carbocycles. The Kier molecular flexibility index (Phi) is 4.26. The monoisotopic (exact) mass is 376 g/mol. The zero-order chi connectivity index (χ0) is 19.3. The van der Waals surface area contributed by atoms with Crippen LogP contribution in [0.25, 0.3) is 11.3 Å². The maximum Gasteiger partial charge on any atom is 0.246 e. The summed E-state index contributed by atoms with van der Waals surface area (Å²) in [5.41, 5.74) is 8.88. The SMILES string of the molecule is N=C(N)NC(=O)Cn1c(-c2ccccc2)ccc1C1C2CC3CC(C2)CC1C3. The Morgan fingerprint density at radius 2 is 1.64 bits per heavy atom. The predicted octanol–water partition coefficient (Wildman–Crippen LogP) is 3.70. The number of nitrogens with two attached hydrogens (primary N) is 1. The molecule has 1 aromatic carbocycles. The van der Waals surface area contributed by atoms with E-state index in [0.717, 1.165) is 34.9 Å². The third-order valence-corrected chi connectivity index (χ3v) is 7.23. The van der Waals surface area contributed by atoms with Gasteiger partial charge in [-0.2, -0.15) is 0 Å². The molecule has 0 saturated heterocycles. The van der Waals surface area contributed by atoms with Gasteiger partial charge in [-0.1, -0.05) is 30.3 Å². The lowest BCUT2D eigenvalue weighted by atomic mass is 9.51. The Morgan fingerprint density at radius 3 is 2.25 bits per heavy atom. The van der Waals surface area contributed by atoms with Crippen LogP contribution in [0.4, 0.5) is 0 Å². The van der Waals surface area contributed by atoms with Crippen LogP contribution < -0.4 is 11.1 Å². The summed E-state index contributed by atoms with van der Waals surface area (Å²) in [7, 11) is 0. The van der Waals surface area contributed by atoms with Crippen molar-refractivity contribution in [2.45, 2.75) is 44.6 Å². The van der Waals surface area contributed by atoms with Gasteiger partial charge in [-0.3, -0.25) is 15.5 Å². The van der Waals surface area contributed by atoms with Gasteiger partial charge in [0, 0.05) is 17.3 Å². The molecule has 4 aliphatic carbocycles. The minimum absolute atomic E-state index is 0.203. The molecule has 0 unspecified atom stereocenters. The standard InChI is InChI=1S/C23H28N4O/c24-23(25)26-21(28)13-27-19(16-4-2-1-3-5-16)6-7-20(27)22-17-9-14-8-15(11-17)12-18(22)10-14/h1-7,14-15,17-18,22H,8-13H2,(H4,24,25,26,28). The lowest BCUT2D eigenvalue weighted by Crippen LogP contribution is -2.44. The van der Waals surface area contributed by atoms with E-state index in [1.807, 2.05) is 18.2 Å². The Morgan fingerprint density at radius 1 is 1.00 bits per heavy atom. The van der Waals surface area contributed by atoms with E-state index in [4.69, 9.17) is 11.1 Å². The number of guanidine groups is 1. The van der Waals surface area contributed by atoms with E-state index in [2.05, 4.69) is 34.1 Å². The molecule has 4 aliphatic rings. The van der Waals surface area contributed by atoms with Crippen molar-refractivity contribution in [3.8, 4) is 11.3 Å². The summed E-state index contributed by atoms with van der Waals surface area (Å²) in [5.74, 6) is 3.39. The zero-order valence-corrected chi connectivity index (χ0v) is 16.1. The van der Waals surface area contributed by atoms with Crippen molar-refractivity contribution in [2.24, 2.45) is 29.4 Å². The van der Waals surface area contributed by atoms with Gasteiger partial charge < -0.3 is 10.3 Å². The number of nitrogens with zero attached hydrogens (tertiary/aromatic N) is 1. The van der Waals surface area contributed by atoms with E-state index in [1.165, 1.54) is 37.8 Å². The second kappa shape index (κ2) is 6.80. The van der Waals surface area contributed by atoms with Crippen LogP contribution in [0.15, 0.2) is 42.5 Å². The summed E-state index contributed by atoms with van der Waals surface area (Å²) >= 11 is 0. The number of hydrogen-bond acceptors (Lipinski definition) is 2. The van der Waals surface area contributed by atoms with Gasteiger partial charge in [-0.15, -0.1) is 0 Å². The first-order valence-electron chi connectivity index (χ1n) is 10.5. The molecule has 1 aromatic heterocycles. The summed E-state index contributed by atoms with van der Waals surface area (Å²) in [6, 6.07) is 14.7. The molecule has 28 heavy (non-hydrogen) atoms. The van der Waals surface area contributed by atoms with Crippen LogP contribution in [0.1, 0.15) is 43.7 Å². The number of amides is 1. The van der Waals surface area contributed by atoms with Crippen molar-refractivity contribution < 1.29 is 4.79 Å². The number of nitrogens with one attached hydrogen (secondary N) is 2. The number of aromatic nitrogens is 1. The van der Waals surface area contributed by atoms with E-state index < -0.39 is 0 Å². The molecular weight excluding hydrogens is 348 g/mol. The smallest absolute Gasteiger partial charge is 0.246 e. The predicted molar refractivity (Wildman–Crippen MR) is 110 cm³/mol. The molecule has 1 heterocycles. The Balaban J connectivity index is 1.53. The third-order valence-electron chi connectivity index (χ3n) is 7.23. The lowest BCUT2D eigenvalue weighted by Gasteiger charge is -2.54. The summed E-state index contributed by atoms with van der Waals surface area (Å²) in [5, 5.41) is 9.84. The number of benzene rings is 1. The second-order valence-corrected chi connectivity index (χ2v) is 9.01. The molecule has 5 nitrogen and oxygen atoms in total. The number of rotatable bonds is 4. The van der Waals surface area contributed by atoms with E-state index in [0.29, 0.717) is 5.92 Å². The molecule has 146 valence electrons. The van der Waals surface area contributed by atoms with E-state index in [1.54, 1.807) is 0 Å². The van der Waals surface area contributed by atoms with Crippen LogP contribution in [0, 0.1) is 29.1 Å². The molecule has 0 aliphatic heterocycles. The molecule has 4 bridgehead atoms. The largest absolute Gasteiger partial charge is 0.370 e. The Labute approximate surface area is 165 Å². The van der Waals surface area contributed by atoms with Crippen molar-refractivity contribution in [2.75, 3.05) is 0 Å². The first kappa shape index (κ1) is 17.5. The minimum atomic E-state index is -0.297. The highest BCUT2D eigenvalue weighted by molar-refractivity contribution is 5.94. The van der Waals surface area contributed by atoms with Crippen LogP contribution in [0.3, 0.4) is 0 Å². The second-order valence-electron chi connectivity index (χ2n) is 9.01. The van der Waals surface area contributed by atoms with Gasteiger partial charge in [0.15, 0.2) is 5.96 Å². The van der Waals surface area contributed by atoms with E-state index in [-0.39, 0.29) is 18.4 Å². The van der Waals surface area contributed by atoms with Crippen LogP contribution in [-0.2, 0) is 11.3 Å². The summed E-state index contributed by atoms with van der Waals surface area (Å²) in [6.45, 7) is 0.203. The van der Waals surface area contributed by atoms with Gasteiger partial charge in [0.05, 0.1) is 0 Å². The number of carbonyl (C=O) groups is 1. The Hall–Kier alpha value is -2.56. The summed E-state index contributed by atoms with van der Waals surface area (Å²) in [4.78, 5) is 12.5. The fourth-order valence-corrected chi connectivity index (χ4v) is 6.55. The summed E-state index contributed by atoms with van der Waals surface area (Å²) in [6.07, 6.45) is 6.84.